The number of esters is 2. The van der Waals surface area contributed by atoms with Crippen molar-refractivity contribution < 1.29 is 23.9 Å². The maximum Gasteiger partial charge on any atom is 0.384 e. The van der Waals surface area contributed by atoms with Crippen LogP contribution in [0, 0.1) is 23.7 Å². The van der Waals surface area contributed by atoms with Crippen LogP contribution in [0.15, 0.2) is 0 Å². The molecule has 0 N–H and O–H groups in total. The lowest BCUT2D eigenvalue weighted by molar-refractivity contribution is -0.137. The summed E-state index contributed by atoms with van der Waals surface area (Å²) in [5.41, 5.74) is 0. The quantitative estimate of drug-likeness (QED) is 0.277. The molecule has 0 fully saturated rings. The highest BCUT2D eigenvalue weighted by Crippen LogP contribution is 1.76. The van der Waals surface area contributed by atoms with Crippen LogP contribution in [0.5, 0.6) is 0 Å². The van der Waals surface area contributed by atoms with Crippen LogP contribution >= 0.6 is 0 Å². The Hall–Kier alpha value is -2.27. The third-order valence-corrected chi connectivity index (χ3v) is 1.11. The average molecular weight is 222 g/mol. The minimum Gasteiger partial charge on any atom is -0.456 e. The summed E-state index contributed by atoms with van der Waals surface area (Å²) in [6, 6.07) is 0. The SMILES string of the molecule is CCOC(=O)C#CC(=O)C#CC(=O)OCC. The second kappa shape index (κ2) is 8.07. The molecule has 0 aromatic rings. The summed E-state index contributed by atoms with van der Waals surface area (Å²) in [7, 11) is 0. The highest BCUT2D eigenvalue weighted by molar-refractivity contribution is 6.13. The summed E-state index contributed by atoms with van der Waals surface area (Å²) >= 11 is 0. The lowest BCUT2D eigenvalue weighted by Crippen LogP contribution is -2.02. The van der Waals surface area contributed by atoms with E-state index in [0.29, 0.717) is 0 Å². The van der Waals surface area contributed by atoms with E-state index < -0.39 is 17.7 Å². The van der Waals surface area contributed by atoms with Gasteiger partial charge in [0.25, 0.3) is 5.78 Å². The molecule has 0 saturated heterocycles. The molecule has 0 aromatic carbocycles. The minimum atomic E-state index is -0.846. The first kappa shape index (κ1) is 13.7. The van der Waals surface area contributed by atoms with Gasteiger partial charge in [0, 0.05) is 11.8 Å². The predicted octanol–water partition coefficient (Wildman–Crippen LogP) is -0.312. The van der Waals surface area contributed by atoms with Gasteiger partial charge < -0.3 is 9.47 Å². The zero-order valence-electron chi connectivity index (χ0n) is 8.96. The van der Waals surface area contributed by atoms with E-state index in [1.807, 2.05) is 23.7 Å². The van der Waals surface area contributed by atoms with Crippen molar-refractivity contribution in [3.63, 3.8) is 0 Å². The molecule has 84 valence electrons. The molecule has 0 heterocycles. The van der Waals surface area contributed by atoms with Gasteiger partial charge in [0.2, 0.25) is 0 Å². The fourth-order valence-corrected chi connectivity index (χ4v) is 0.581. The van der Waals surface area contributed by atoms with E-state index in [0.717, 1.165) is 0 Å². The van der Waals surface area contributed by atoms with Crippen molar-refractivity contribution >= 4 is 17.7 Å². The first-order chi connectivity index (χ1) is 7.60. The van der Waals surface area contributed by atoms with E-state index >= 15 is 0 Å². The smallest absolute Gasteiger partial charge is 0.384 e. The van der Waals surface area contributed by atoms with E-state index in [2.05, 4.69) is 9.47 Å². The molecule has 0 aliphatic carbocycles. The van der Waals surface area contributed by atoms with Crippen LogP contribution in [-0.2, 0) is 23.9 Å². The second-order valence-corrected chi connectivity index (χ2v) is 2.27. The molecule has 0 rings (SSSR count). The van der Waals surface area contributed by atoms with Gasteiger partial charge in [-0.25, -0.2) is 9.59 Å². The van der Waals surface area contributed by atoms with Crippen LogP contribution in [0.2, 0.25) is 0 Å². The molecule has 0 aromatic heterocycles. The number of rotatable bonds is 2. The molecule has 5 heteroatoms. The maximum atomic E-state index is 10.9. The van der Waals surface area contributed by atoms with Crippen LogP contribution in [0.4, 0.5) is 0 Å². The Morgan fingerprint density at radius 2 is 1.19 bits per heavy atom. The van der Waals surface area contributed by atoms with Gasteiger partial charge in [-0.2, -0.15) is 0 Å². The van der Waals surface area contributed by atoms with E-state index in [-0.39, 0.29) is 13.2 Å². The molecule has 5 nitrogen and oxygen atoms in total. The van der Waals surface area contributed by atoms with Gasteiger partial charge in [0.15, 0.2) is 0 Å². The fraction of sp³-hybridized carbons (Fsp3) is 0.364. The Morgan fingerprint density at radius 1 is 0.812 bits per heavy atom. The van der Waals surface area contributed by atoms with Crippen LogP contribution in [0.1, 0.15) is 13.8 Å². The van der Waals surface area contributed by atoms with Crippen molar-refractivity contribution in [2.24, 2.45) is 0 Å². The molecule has 0 radical (unpaired) electrons. The first-order valence-corrected chi connectivity index (χ1v) is 4.51. The highest BCUT2D eigenvalue weighted by atomic mass is 16.5. The number of hydrogen-bond acceptors (Lipinski definition) is 5. The summed E-state index contributed by atoms with van der Waals surface area (Å²) in [6.07, 6.45) is 0. The van der Waals surface area contributed by atoms with Crippen molar-refractivity contribution in [1.29, 1.82) is 0 Å². The number of Topliss-reactive ketones (excluding diaryl/α,β-unsaturated/α-hetero) is 1. The zero-order valence-corrected chi connectivity index (χ0v) is 8.96. The normalized spacial score (nSPS) is 7.62. The van der Waals surface area contributed by atoms with Crippen LogP contribution in [0.3, 0.4) is 0 Å². The highest BCUT2D eigenvalue weighted by Gasteiger charge is 1.96. The fourth-order valence-electron chi connectivity index (χ4n) is 0.581. The van der Waals surface area contributed by atoms with Crippen molar-refractivity contribution in [2.75, 3.05) is 13.2 Å². The summed E-state index contributed by atoms with van der Waals surface area (Å²) in [5, 5.41) is 0. The Balaban J connectivity index is 4.27. The molecule has 0 saturated carbocycles. The molecule has 0 spiro atoms. The van der Waals surface area contributed by atoms with Gasteiger partial charge in [-0.05, 0) is 25.7 Å². The number of carbonyl (C=O) groups is 3. The molecule has 0 aliphatic rings. The van der Waals surface area contributed by atoms with E-state index in [4.69, 9.17) is 0 Å². The topological polar surface area (TPSA) is 69.7 Å². The molecule has 16 heavy (non-hydrogen) atoms. The van der Waals surface area contributed by atoms with E-state index in [1.165, 1.54) is 0 Å². The number of carbonyl (C=O) groups excluding carboxylic acids is 3. The third-order valence-electron chi connectivity index (χ3n) is 1.11. The Labute approximate surface area is 93.1 Å². The molecule has 0 amide bonds. The Kier molecular flexibility index (Phi) is 6.93. The predicted molar refractivity (Wildman–Crippen MR) is 53.8 cm³/mol. The van der Waals surface area contributed by atoms with Crippen molar-refractivity contribution in [1.82, 2.24) is 0 Å². The maximum absolute atomic E-state index is 10.9. The standard InChI is InChI=1S/C11H10O5/c1-3-15-10(13)7-5-9(12)6-8-11(14)16-4-2/h3-4H2,1-2H3. The molecule has 0 bridgehead atoms. The lowest BCUT2D eigenvalue weighted by atomic mass is 10.4. The van der Waals surface area contributed by atoms with Gasteiger partial charge in [0.05, 0.1) is 13.2 Å². The summed E-state index contributed by atoms with van der Waals surface area (Å²) < 4.78 is 8.90. The Morgan fingerprint density at radius 3 is 1.50 bits per heavy atom. The van der Waals surface area contributed by atoms with Crippen LogP contribution in [-0.4, -0.2) is 30.9 Å². The van der Waals surface area contributed by atoms with Gasteiger partial charge in [0.1, 0.15) is 0 Å². The van der Waals surface area contributed by atoms with Crippen LogP contribution < -0.4 is 0 Å². The van der Waals surface area contributed by atoms with Crippen molar-refractivity contribution in [3.05, 3.63) is 0 Å². The zero-order chi connectivity index (χ0) is 12.4. The average Bonchev–Trinajstić information content (AvgIpc) is 2.24. The molecule has 0 unspecified atom stereocenters. The summed E-state index contributed by atoms with van der Waals surface area (Å²) in [6.45, 7) is 3.58. The lowest BCUT2D eigenvalue weighted by Gasteiger charge is -1.90. The van der Waals surface area contributed by atoms with Gasteiger partial charge in [-0.15, -0.1) is 0 Å². The molecule has 0 aliphatic heterocycles. The van der Waals surface area contributed by atoms with E-state index in [9.17, 15) is 14.4 Å². The monoisotopic (exact) mass is 222 g/mol. The van der Waals surface area contributed by atoms with Gasteiger partial charge in [-0.1, -0.05) is 0 Å². The number of ether oxygens (including phenoxy) is 2. The molecule has 0 atom stereocenters. The minimum absolute atomic E-state index is 0.177. The van der Waals surface area contributed by atoms with Crippen molar-refractivity contribution in [3.8, 4) is 23.7 Å². The Bertz CT molecular complexity index is 362. The second-order valence-electron chi connectivity index (χ2n) is 2.27. The summed E-state index contributed by atoms with van der Waals surface area (Å²) in [4.78, 5) is 32.3. The summed E-state index contributed by atoms with van der Waals surface area (Å²) in [5.74, 6) is 5.22. The molecular weight excluding hydrogens is 212 g/mol. The van der Waals surface area contributed by atoms with E-state index in [1.54, 1.807) is 13.8 Å². The number of hydrogen-bond donors (Lipinski definition) is 0. The largest absolute Gasteiger partial charge is 0.456 e. The van der Waals surface area contributed by atoms with Crippen molar-refractivity contribution in [2.45, 2.75) is 13.8 Å². The molecular formula is C11H10O5. The number of ketones is 1. The first-order valence-electron chi connectivity index (χ1n) is 4.51. The van der Waals surface area contributed by atoms with Crippen LogP contribution in [0.25, 0.3) is 0 Å². The third kappa shape index (κ3) is 7.16. The van der Waals surface area contributed by atoms with Gasteiger partial charge in [-0.3, -0.25) is 4.79 Å². The van der Waals surface area contributed by atoms with Gasteiger partial charge >= 0.3 is 11.9 Å².